The molecular weight excluding hydrogens is 1730 g/mol. The number of anilines is 9. The first-order valence-corrected chi connectivity index (χ1v) is 49.2. The molecule has 764 valence electrons. The molecule has 42 nitrogen and oxygen atoms in total. The number of hydrogen-bond donors (Lipinski definition) is 14. The normalized spacial score (nSPS) is 20.6. The van der Waals surface area contributed by atoms with Gasteiger partial charge in [-0.15, -0.1) is 0 Å². The molecule has 0 aromatic carbocycles. The molecule has 0 radical (unpaired) electrons. The van der Waals surface area contributed by atoms with Crippen molar-refractivity contribution < 1.29 is 57.2 Å². The number of ether oxygens (including phenoxy) is 6. The van der Waals surface area contributed by atoms with Gasteiger partial charge in [0.1, 0.15) is 0 Å². The summed E-state index contributed by atoms with van der Waals surface area (Å²) in [5.41, 5.74) is -5.56. The van der Waals surface area contributed by atoms with Crippen LogP contribution in [0.1, 0.15) is 218 Å². The second-order valence-corrected chi connectivity index (χ2v) is 44.0. The fourth-order valence-electron chi connectivity index (χ4n) is 19.4. The first kappa shape index (κ1) is 110. The number of rotatable bonds is 59. The topological polar surface area (TPSA) is 465 Å². The lowest BCUT2D eigenvalue weighted by Gasteiger charge is -2.47. The van der Waals surface area contributed by atoms with Crippen LogP contribution in [0.25, 0.3) is 0 Å². The fraction of sp³-hybridized carbons (Fsp3) is 0.839. The highest BCUT2D eigenvalue weighted by Crippen LogP contribution is 2.30. The molecule has 6 aliphatic rings. The molecular formula is C93H170N30O12. The first-order chi connectivity index (χ1) is 63.2. The molecule has 0 bridgehead atoms. The molecule has 6 aliphatic heterocycles. The van der Waals surface area contributed by atoms with Gasteiger partial charge in [-0.3, -0.25) is 60.7 Å². The largest absolute Gasteiger partial charge is 0.380 e. The van der Waals surface area contributed by atoms with Gasteiger partial charge in [0.15, 0.2) is 0 Å². The maximum absolute atomic E-state index is 13.4. The zero-order valence-corrected chi connectivity index (χ0v) is 86.3. The molecule has 6 amide bonds. The zero-order valence-electron chi connectivity index (χ0n) is 86.3. The van der Waals surface area contributed by atoms with Crippen LogP contribution in [0.5, 0.6) is 0 Å². The van der Waals surface area contributed by atoms with Crippen LogP contribution in [0.15, 0.2) is 0 Å². The summed E-state index contributed by atoms with van der Waals surface area (Å²) in [5.74, 6) is 3.56. The van der Waals surface area contributed by atoms with E-state index in [1.807, 2.05) is 112 Å². The van der Waals surface area contributed by atoms with Crippen LogP contribution < -0.4 is 79.3 Å². The van der Waals surface area contributed by atoms with Crippen molar-refractivity contribution in [1.82, 2.24) is 106 Å². The Bertz CT molecular complexity index is 3880. The van der Waals surface area contributed by atoms with Crippen LogP contribution in [0.3, 0.4) is 0 Å². The van der Waals surface area contributed by atoms with Crippen molar-refractivity contribution in [3.8, 4) is 0 Å². The molecule has 0 spiro atoms. The third-order valence-electron chi connectivity index (χ3n) is 23.8. The Morgan fingerprint density at radius 1 is 0.230 bits per heavy atom. The number of carbonyl (C=O) groups is 6. The minimum Gasteiger partial charge on any atom is -0.380 e. The first-order valence-electron chi connectivity index (χ1n) is 49.2. The summed E-state index contributed by atoms with van der Waals surface area (Å²) in [5, 5.41) is 48.3. The predicted molar refractivity (Wildman–Crippen MR) is 529 cm³/mol. The Labute approximate surface area is 803 Å². The average molecular weight is 1900 g/mol. The summed E-state index contributed by atoms with van der Waals surface area (Å²) in [7, 11) is 0. The maximum atomic E-state index is 13.4. The van der Waals surface area contributed by atoms with E-state index in [0.29, 0.717) is 328 Å². The molecule has 135 heavy (non-hydrogen) atoms. The van der Waals surface area contributed by atoms with Gasteiger partial charge in [-0.05, 0) is 218 Å². The van der Waals surface area contributed by atoms with Gasteiger partial charge in [0, 0.05) is 217 Å². The quantitative estimate of drug-likeness (QED) is 0.0334. The highest BCUT2D eigenvalue weighted by molar-refractivity contribution is 5.89. The molecule has 6 fully saturated rings. The van der Waals surface area contributed by atoms with Gasteiger partial charge in [-0.1, -0.05) is 0 Å². The molecule has 42 heteroatoms. The monoisotopic (exact) mass is 1900 g/mol. The Morgan fingerprint density at radius 2 is 0.378 bits per heavy atom. The van der Waals surface area contributed by atoms with E-state index in [4.69, 9.17) is 73.3 Å². The van der Waals surface area contributed by atoms with Crippen molar-refractivity contribution in [2.75, 3.05) is 271 Å². The lowest BCUT2D eigenvalue weighted by Crippen LogP contribution is -2.69. The van der Waals surface area contributed by atoms with Crippen LogP contribution in [-0.4, -0.2) is 399 Å². The van der Waals surface area contributed by atoms with E-state index in [1.54, 1.807) is 0 Å². The van der Waals surface area contributed by atoms with Gasteiger partial charge in [0.25, 0.3) is 0 Å². The number of hydrogen-bond acceptors (Lipinski definition) is 36. The maximum Gasteiger partial charge on any atom is 0.242 e. The third-order valence-corrected chi connectivity index (χ3v) is 23.8. The second kappa shape index (κ2) is 48.4. The predicted octanol–water partition coefficient (Wildman–Crippen LogP) is 4.90. The molecule has 6 saturated heterocycles. The van der Waals surface area contributed by atoms with Crippen molar-refractivity contribution in [1.29, 1.82) is 0 Å². The standard InChI is InChI=1S/C93H170N30O12/c1-82(2)61-118(67(124)88(13,14)111-82)43-55-130-49-27-35-96-75-102-73(103-76(106-75)97-36-28-50-131-56-44-119-62-83(3,4)112-89(15,16)68(119)125)94-33-25-41-117(81-109-79(100-39-31-53-134-59-47-122-65-86(9,10)115-92(21,22)71(122)128)108-80(110-81)101-40-32-54-135-60-48-123-66-87(11,12)116-93(23,24)72(123)129)42-26-34-95-74-104-77(98-37-29-51-132-57-45-120-63-84(5,6)113-90(17,18)69(120)126)107-78(105-74)99-38-30-52-133-58-46-121-64-85(7,8)114-91(19,20)70(121)127/h111-116H,25-66H2,1-24H3,(H2,100,101,108,109,110)(H3,94,96,97,102,103,106)(H3,95,98,99,104,105,107). The van der Waals surface area contributed by atoms with Gasteiger partial charge in [-0.2, -0.15) is 44.9 Å². The number of amides is 6. The van der Waals surface area contributed by atoms with E-state index in [9.17, 15) is 28.8 Å². The van der Waals surface area contributed by atoms with Gasteiger partial charge >= 0.3 is 0 Å². The van der Waals surface area contributed by atoms with E-state index in [0.717, 1.165) is 0 Å². The Kier molecular flexibility index (Phi) is 39.5. The fourth-order valence-corrected chi connectivity index (χ4v) is 19.4. The van der Waals surface area contributed by atoms with E-state index in [1.165, 1.54) is 0 Å². The summed E-state index contributed by atoms with van der Waals surface area (Å²) in [4.78, 5) is 138. The minimum absolute atomic E-state index is 0.0419. The zero-order chi connectivity index (χ0) is 98.9. The lowest BCUT2D eigenvalue weighted by molar-refractivity contribution is -0.145. The summed E-state index contributed by atoms with van der Waals surface area (Å²) < 4.78 is 36.7. The summed E-state index contributed by atoms with van der Waals surface area (Å²) in [6.45, 7) is 64.2. The van der Waals surface area contributed by atoms with Crippen LogP contribution in [0, 0.1) is 0 Å². The Balaban J connectivity index is 0.906. The van der Waals surface area contributed by atoms with E-state index in [-0.39, 0.29) is 68.7 Å². The molecule has 0 aliphatic carbocycles. The number of nitrogens with one attached hydrogen (secondary N) is 14. The molecule has 9 rings (SSSR count). The Morgan fingerprint density at radius 3 is 0.541 bits per heavy atom. The molecule has 0 saturated carbocycles. The summed E-state index contributed by atoms with van der Waals surface area (Å²) in [6.07, 6.45) is 4.89. The Hall–Kier alpha value is -8.43. The van der Waals surface area contributed by atoms with E-state index in [2.05, 4.69) is 162 Å². The molecule has 9 heterocycles. The van der Waals surface area contributed by atoms with Crippen LogP contribution in [0.2, 0.25) is 0 Å². The molecule has 0 unspecified atom stereocenters. The molecule has 3 aromatic heterocycles. The highest BCUT2D eigenvalue weighted by Gasteiger charge is 2.49. The van der Waals surface area contributed by atoms with Gasteiger partial charge in [-0.25, -0.2) is 0 Å². The lowest BCUT2D eigenvalue weighted by atomic mass is 9.90. The van der Waals surface area contributed by atoms with E-state index < -0.39 is 33.2 Å². The van der Waals surface area contributed by atoms with Crippen LogP contribution in [0.4, 0.5) is 53.5 Å². The van der Waals surface area contributed by atoms with Crippen LogP contribution in [-0.2, 0) is 57.2 Å². The molecule has 14 N–H and O–H groups in total. The minimum atomic E-state index is -0.693. The van der Waals surface area contributed by atoms with Gasteiger partial charge < -0.3 is 105 Å². The van der Waals surface area contributed by atoms with E-state index >= 15 is 0 Å². The number of aromatic nitrogens is 9. The van der Waals surface area contributed by atoms with Gasteiger partial charge in [0.2, 0.25) is 89.0 Å². The highest BCUT2D eigenvalue weighted by atomic mass is 16.5. The van der Waals surface area contributed by atoms with Crippen molar-refractivity contribution in [3.05, 3.63) is 0 Å². The number of nitrogens with zero attached hydrogens (tertiary/aromatic N) is 16. The van der Waals surface area contributed by atoms with Crippen molar-refractivity contribution in [2.24, 2.45) is 0 Å². The molecule has 3 aromatic rings. The smallest absolute Gasteiger partial charge is 0.242 e. The van der Waals surface area contributed by atoms with Crippen molar-refractivity contribution >= 4 is 89.0 Å². The SMILES string of the molecule is CC1(C)CN(CCOCCCNc2nc(NCCCOCCN3CC(C)(C)NC(C)(C)C3=O)nc(NCCCN(CCCNc3nc(NCCCOCCN4CC(C)(C)NC(C)(C)C4=O)nc(NCCCOCCN4CC(C)(C)NC(C)(C)C4=O)n3)c3nc(NCCCOCCN4CC(C)(C)NC(C)(C)C4=O)nc(NCCCOCCN4CC(C)(C)NC(C)(C)C4=O)n3)n2)C(=O)C(C)(C)N1. The van der Waals surface area contributed by atoms with Gasteiger partial charge in [0.05, 0.1) is 72.9 Å². The molecule has 0 atom stereocenters. The van der Waals surface area contributed by atoms with Crippen LogP contribution >= 0.6 is 0 Å². The summed E-state index contributed by atoms with van der Waals surface area (Å²) >= 11 is 0. The second-order valence-electron chi connectivity index (χ2n) is 44.0. The van der Waals surface area contributed by atoms with Crippen molar-refractivity contribution in [2.45, 2.75) is 284 Å². The van der Waals surface area contributed by atoms with Crippen molar-refractivity contribution in [3.63, 3.8) is 0 Å². The third kappa shape index (κ3) is 35.8. The number of piperazine rings is 6. The number of carbonyl (C=O) groups excluding carboxylic acids is 6. The summed E-state index contributed by atoms with van der Waals surface area (Å²) in [6, 6.07) is 0. The average Bonchev–Trinajstić information content (AvgIpc) is 0.806.